The van der Waals surface area contributed by atoms with Gasteiger partial charge in [-0.2, -0.15) is 0 Å². The van der Waals surface area contributed by atoms with Gasteiger partial charge < -0.3 is 15.7 Å². The average Bonchev–Trinajstić information content (AvgIpc) is 2.71. The molecule has 2 rings (SSSR count). The summed E-state index contributed by atoms with van der Waals surface area (Å²) in [5, 5.41) is 16.2. The fourth-order valence-corrected chi connectivity index (χ4v) is 2.87. The fourth-order valence-electron chi connectivity index (χ4n) is 2.87. The van der Waals surface area contributed by atoms with Gasteiger partial charge in [0.15, 0.2) is 0 Å². The van der Waals surface area contributed by atoms with Crippen LogP contribution in [0.3, 0.4) is 0 Å². The van der Waals surface area contributed by atoms with Crippen molar-refractivity contribution in [1.29, 1.82) is 0 Å². The van der Waals surface area contributed by atoms with E-state index < -0.39 is 0 Å². The average molecular weight is 240 g/mol. The third kappa shape index (κ3) is 3.96. The molecule has 0 aromatic rings. The second-order valence-corrected chi connectivity index (χ2v) is 5.44. The van der Waals surface area contributed by atoms with Crippen LogP contribution in [0.2, 0.25) is 0 Å². The maximum Gasteiger partial charge on any atom is 0.220 e. The van der Waals surface area contributed by atoms with Gasteiger partial charge in [-0.1, -0.05) is 19.3 Å². The van der Waals surface area contributed by atoms with Crippen LogP contribution in [0.4, 0.5) is 0 Å². The maximum absolute atomic E-state index is 11.9. The number of nitrogens with one attached hydrogen (secondary N) is 2. The lowest BCUT2D eigenvalue weighted by Crippen LogP contribution is -2.43. The van der Waals surface area contributed by atoms with Gasteiger partial charge in [0.2, 0.25) is 5.91 Å². The van der Waals surface area contributed by atoms with Gasteiger partial charge in [0.1, 0.15) is 0 Å². The summed E-state index contributed by atoms with van der Waals surface area (Å²) < 4.78 is 0. The number of amides is 1. The minimum atomic E-state index is -0.344. The van der Waals surface area contributed by atoms with Gasteiger partial charge in [-0.15, -0.1) is 0 Å². The molecule has 4 heteroatoms. The van der Waals surface area contributed by atoms with Crippen molar-refractivity contribution >= 4 is 5.91 Å². The Morgan fingerprint density at radius 3 is 2.82 bits per heavy atom. The van der Waals surface area contributed by atoms with Crippen LogP contribution >= 0.6 is 0 Å². The SMILES string of the molecule is O=C(CC1CCNC1)NC1CCCCCC1O. The Morgan fingerprint density at radius 1 is 1.24 bits per heavy atom. The molecule has 0 aromatic carbocycles. The summed E-state index contributed by atoms with van der Waals surface area (Å²) in [4.78, 5) is 11.9. The van der Waals surface area contributed by atoms with Crippen LogP contribution in [0.15, 0.2) is 0 Å². The van der Waals surface area contributed by atoms with Gasteiger partial charge in [-0.3, -0.25) is 4.79 Å². The Kier molecular flexibility index (Phi) is 4.80. The summed E-state index contributed by atoms with van der Waals surface area (Å²) >= 11 is 0. The highest BCUT2D eigenvalue weighted by atomic mass is 16.3. The molecule has 0 radical (unpaired) electrons. The van der Waals surface area contributed by atoms with Crippen LogP contribution < -0.4 is 10.6 Å². The Morgan fingerprint density at radius 2 is 2.06 bits per heavy atom. The van der Waals surface area contributed by atoms with Crippen LogP contribution in [0.5, 0.6) is 0 Å². The molecular formula is C13H24N2O2. The molecule has 0 aromatic heterocycles. The minimum absolute atomic E-state index is 0.0145. The molecule has 1 saturated heterocycles. The summed E-state index contributed by atoms with van der Waals surface area (Å²) in [6.07, 6.45) is 6.49. The van der Waals surface area contributed by atoms with Crippen molar-refractivity contribution < 1.29 is 9.90 Å². The normalized spacial score (nSPS) is 34.3. The smallest absolute Gasteiger partial charge is 0.220 e. The predicted molar refractivity (Wildman–Crippen MR) is 66.6 cm³/mol. The zero-order chi connectivity index (χ0) is 12.1. The molecule has 2 fully saturated rings. The second kappa shape index (κ2) is 6.36. The van der Waals surface area contributed by atoms with E-state index in [1.54, 1.807) is 0 Å². The minimum Gasteiger partial charge on any atom is -0.391 e. The summed E-state index contributed by atoms with van der Waals surface area (Å²) in [7, 11) is 0. The number of rotatable bonds is 3. The molecule has 3 unspecified atom stereocenters. The Hall–Kier alpha value is -0.610. The van der Waals surface area contributed by atoms with Crippen molar-refractivity contribution in [2.75, 3.05) is 13.1 Å². The van der Waals surface area contributed by atoms with E-state index in [2.05, 4.69) is 10.6 Å². The van der Waals surface area contributed by atoms with Crippen molar-refractivity contribution in [3.8, 4) is 0 Å². The molecule has 1 aliphatic carbocycles. The number of carbonyl (C=O) groups excluding carboxylic acids is 1. The van der Waals surface area contributed by atoms with Crippen molar-refractivity contribution in [3.05, 3.63) is 0 Å². The van der Waals surface area contributed by atoms with Crippen molar-refractivity contribution in [3.63, 3.8) is 0 Å². The van der Waals surface area contributed by atoms with E-state index in [1.165, 1.54) is 6.42 Å². The number of hydrogen-bond donors (Lipinski definition) is 3. The summed E-state index contributed by atoms with van der Waals surface area (Å²) in [6, 6.07) is -0.0145. The monoisotopic (exact) mass is 240 g/mol. The highest BCUT2D eigenvalue weighted by Crippen LogP contribution is 2.19. The lowest BCUT2D eigenvalue weighted by Gasteiger charge is -2.22. The molecule has 17 heavy (non-hydrogen) atoms. The van der Waals surface area contributed by atoms with Crippen molar-refractivity contribution in [2.45, 2.75) is 57.1 Å². The van der Waals surface area contributed by atoms with Gasteiger partial charge in [0, 0.05) is 6.42 Å². The summed E-state index contributed by atoms with van der Waals surface area (Å²) in [5.41, 5.74) is 0. The van der Waals surface area contributed by atoms with Gasteiger partial charge in [0.25, 0.3) is 0 Å². The lowest BCUT2D eigenvalue weighted by molar-refractivity contribution is -0.123. The van der Waals surface area contributed by atoms with E-state index in [-0.39, 0.29) is 18.1 Å². The molecule has 4 nitrogen and oxygen atoms in total. The molecule has 1 amide bonds. The fraction of sp³-hybridized carbons (Fsp3) is 0.923. The first kappa shape index (κ1) is 12.8. The van der Waals surface area contributed by atoms with Gasteiger partial charge in [-0.25, -0.2) is 0 Å². The van der Waals surface area contributed by atoms with Gasteiger partial charge in [0.05, 0.1) is 12.1 Å². The molecule has 1 saturated carbocycles. The van der Waals surface area contributed by atoms with E-state index in [0.29, 0.717) is 12.3 Å². The topological polar surface area (TPSA) is 61.4 Å². The van der Waals surface area contributed by atoms with Crippen LogP contribution in [0, 0.1) is 5.92 Å². The van der Waals surface area contributed by atoms with Crippen LogP contribution in [-0.4, -0.2) is 36.2 Å². The second-order valence-electron chi connectivity index (χ2n) is 5.44. The van der Waals surface area contributed by atoms with E-state index in [4.69, 9.17) is 0 Å². The number of carbonyl (C=O) groups is 1. The quantitative estimate of drug-likeness (QED) is 0.639. The molecule has 98 valence electrons. The zero-order valence-electron chi connectivity index (χ0n) is 10.5. The molecule has 2 aliphatic rings. The number of hydrogen-bond acceptors (Lipinski definition) is 3. The van der Waals surface area contributed by atoms with Crippen molar-refractivity contribution in [1.82, 2.24) is 10.6 Å². The largest absolute Gasteiger partial charge is 0.391 e. The molecule has 3 atom stereocenters. The summed E-state index contributed by atoms with van der Waals surface area (Å²) in [6.45, 7) is 1.99. The third-order valence-electron chi connectivity index (χ3n) is 3.96. The predicted octanol–water partition coefficient (Wildman–Crippen LogP) is 0.796. The summed E-state index contributed by atoms with van der Waals surface area (Å²) in [5.74, 6) is 0.600. The maximum atomic E-state index is 11.9. The molecular weight excluding hydrogens is 216 g/mol. The van der Waals surface area contributed by atoms with Crippen LogP contribution in [0.25, 0.3) is 0 Å². The Bertz CT molecular complexity index is 252. The third-order valence-corrected chi connectivity index (χ3v) is 3.96. The van der Waals surface area contributed by atoms with Gasteiger partial charge in [-0.05, 0) is 38.3 Å². The number of aliphatic hydroxyl groups excluding tert-OH is 1. The highest BCUT2D eigenvalue weighted by Gasteiger charge is 2.25. The van der Waals surface area contributed by atoms with E-state index in [9.17, 15) is 9.90 Å². The van der Waals surface area contributed by atoms with E-state index in [0.717, 1.165) is 45.2 Å². The van der Waals surface area contributed by atoms with E-state index in [1.807, 2.05) is 0 Å². The standard InChI is InChI=1S/C13H24N2O2/c16-12-5-3-1-2-4-11(12)15-13(17)8-10-6-7-14-9-10/h10-12,14,16H,1-9H2,(H,15,17). The zero-order valence-corrected chi connectivity index (χ0v) is 10.5. The highest BCUT2D eigenvalue weighted by molar-refractivity contribution is 5.76. The first-order chi connectivity index (χ1) is 8.25. The van der Waals surface area contributed by atoms with Crippen molar-refractivity contribution in [2.24, 2.45) is 5.92 Å². The molecule has 0 bridgehead atoms. The van der Waals surface area contributed by atoms with Gasteiger partial charge >= 0.3 is 0 Å². The lowest BCUT2D eigenvalue weighted by atomic mass is 10.0. The number of aliphatic hydroxyl groups is 1. The molecule has 0 spiro atoms. The first-order valence-corrected chi connectivity index (χ1v) is 6.94. The van der Waals surface area contributed by atoms with Crippen LogP contribution in [-0.2, 0) is 4.79 Å². The van der Waals surface area contributed by atoms with E-state index >= 15 is 0 Å². The first-order valence-electron chi connectivity index (χ1n) is 6.94. The van der Waals surface area contributed by atoms with Crippen LogP contribution in [0.1, 0.15) is 44.9 Å². The molecule has 3 N–H and O–H groups in total. The Labute approximate surface area is 103 Å². The molecule has 1 aliphatic heterocycles. The molecule has 1 heterocycles. The Balaban J connectivity index is 1.75.